The van der Waals surface area contributed by atoms with Crippen molar-refractivity contribution < 1.29 is 9.18 Å². The van der Waals surface area contributed by atoms with E-state index >= 15 is 0 Å². The second kappa shape index (κ2) is 5.90. The number of nitrogens with zero attached hydrogens (tertiary/aromatic N) is 1. The average molecular weight is 353 g/mol. The van der Waals surface area contributed by atoms with E-state index in [1.165, 1.54) is 12.1 Å². The Morgan fingerprint density at radius 3 is 2.52 bits per heavy atom. The second-order valence-corrected chi connectivity index (χ2v) is 6.37. The summed E-state index contributed by atoms with van der Waals surface area (Å²) in [4.78, 5) is 11.9. The average Bonchev–Trinajstić information content (AvgIpc) is 2.90. The van der Waals surface area contributed by atoms with Gasteiger partial charge < -0.3 is 10.3 Å². The zero-order valence-corrected chi connectivity index (χ0v) is 13.9. The number of aromatic nitrogens is 1. The molecule has 4 rings (SSSR count). The molecule has 0 aliphatic rings. The smallest absolute Gasteiger partial charge is 0.249 e. The van der Waals surface area contributed by atoms with Gasteiger partial charge in [-0.15, -0.1) is 0 Å². The molecule has 5 heteroatoms. The van der Waals surface area contributed by atoms with Crippen LogP contribution in [0.5, 0.6) is 0 Å². The lowest BCUT2D eigenvalue weighted by Gasteiger charge is -2.08. The molecule has 3 aromatic carbocycles. The van der Waals surface area contributed by atoms with Crippen molar-refractivity contribution in [2.24, 2.45) is 5.73 Å². The number of fused-ring (bicyclic) bond motifs is 3. The Hall–Kier alpha value is -2.85. The van der Waals surface area contributed by atoms with Crippen molar-refractivity contribution in [3.8, 4) is 0 Å². The van der Waals surface area contributed by atoms with Crippen LogP contribution in [0, 0.1) is 5.82 Å². The van der Waals surface area contributed by atoms with Crippen LogP contribution in [0.25, 0.3) is 21.8 Å². The van der Waals surface area contributed by atoms with E-state index in [0.29, 0.717) is 17.1 Å². The van der Waals surface area contributed by atoms with E-state index in [9.17, 15) is 9.18 Å². The summed E-state index contributed by atoms with van der Waals surface area (Å²) in [5, 5.41) is 2.33. The van der Waals surface area contributed by atoms with E-state index in [1.54, 1.807) is 24.3 Å². The maximum Gasteiger partial charge on any atom is 0.249 e. The summed E-state index contributed by atoms with van der Waals surface area (Å²) in [7, 11) is 0. The fraction of sp³-hybridized carbons (Fsp3) is 0.0500. The summed E-state index contributed by atoms with van der Waals surface area (Å²) in [6, 6.07) is 17.4. The summed E-state index contributed by atoms with van der Waals surface area (Å²) in [6.45, 7) is 0.531. The topological polar surface area (TPSA) is 48.0 Å². The van der Waals surface area contributed by atoms with Crippen molar-refractivity contribution in [3.05, 3.63) is 82.6 Å². The van der Waals surface area contributed by atoms with Crippen LogP contribution in [0.3, 0.4) is 0 Å². The van der Waals surface area contributed by atoms with E-state index in [1.807, 2.05) is 24.3 Å². The highest BCUT2D eigenvalue weighted by Crippen LogP contribution is 2.33. The molecule has 0 atom stereocenters. The maximum absolute atomic E-state index is 13.2. The standard InChI is InChI=1S/C20H14ClFN2O/c21-13-6-9-15-18(10-13)24(11-12-4-7-14(22)8-5-12)17-3-1-2-16(19(15)17)20(23)25/h1-10H,11H2,(H2,23,25). The lowest BCUT2D eigenvalue weighted by atomic mass is 10.1. The number of hydrogen-bond acceptors (Lipinski definition) is 1. The molecular weight excluding hydrogens is 339 g/mol. The SMILES string of the molecule is NC(=O)c1cccc2c1c1ccc(Cl)cc1n2Cc1ccc(F)cc1. The lowest BCUT2D eigenvalue weighted by Crippen LogP contribution is -2.11. The highest BCUT2D eigenvalue weighted by Gasteiger charge is 2.16. The number of benzene rings is 3. The molecule has 1 aromatic heterocycles. The van der Waals surface area contributed by atoms with Crippen molar-refractivity contribution in [1.29, 1.82) is 0 Å². The highest BCUT2D eigenvalue weighted by atomic mass is 35.5. The molecule has 4 aromatic rings. The van der Waals surface area contributed by atoms with E-state index in [0.717, 1.165) is 27.4 Å². The molecule has 124 valence electrons. The van der Waals surface area contributed by atoms with Gasteiger partial charge >= 0.3 is 0 Å². The van der Waals surface area contributed by atoms with Crippen molar-refractivity contribution in [2.45, 2.75) is 6.54 Å². The first-order valence-corrected chi connectivity index (χ1v) is 8.17. The number of amides is 1. The summed E-state index contributed by atoms with van der Waals surface area (Å²) in [6.07, 6.45) is 0. The Morgan fingerprint density at radius 2 is 1.80 bits per heavy atom. The first kappa shape index (κ1) is 15.7. The molecular formula is C20H14ClFN2O. The van der Waals surface area contributed by atoms with Gasteiger partial charge in [0.2, 0.25) is 5.91 Å². The summed E-state index contributed by atoms with van der Waals surface area (Å²) in [5.41, 5.74) is 8.78. The third-order valence-electron chi connectivity index (χ3n) is 4.37. The zero-order chi connectivity index (χ0) is 17.6. The highest BCUT2D eigenvalue weighted by molar-refractivity contribution is 6.32. The van der Waals surface area contributed by atoms with Crippen LogP contribution in [0.2, 0.25) is 5.02 Å². The molecule has 0 saturated heterocycles. The molecule has 25 heavy (non-hydrogen) atoms. The number of carbonyl (C=O) groups excluding carboxylic acids is 1. The number of hydrogen-bond donors (Lipinski definition) is 1. The van der Waals surface area contributed by atoms with Gasteiger partial charge in [-0.2, -0.15) is 0 Å². The van der Waals surface area contributed by atoms with Crippen LogP contribution in [-0.2, 0) is 6.54 Å². The predicted molar refractivity (Wildman–Crippen MR) is 98.5 cm³/mol. The molecule has 1 heterocycles. The van der Waals surface area contributed by atoms with Crippen LogP contribution in [0.4, 0.5) is 4.39 Å². The summed E-state index contributed by atoms with van der Waals surface area (Å²) in [5.74, 6) is -0.744. The molecule has 0 radical (unpaired) electrons. The molecule has 0 saturated carbocycles. The molecule has 0 aliphatic carbocycles. The van der Waals surface area contributed by atoms with Crippen molar-refractivity contribution in [3.63, 3.8) is 0 Å². The number of primary amides is 1. The van der Waals surface area contributed by atoms with Gasteiger partial charge in [-0.3, -0.25) is 4.79 Å². The number of rotatable bonds is 3. The number of nitrogens with two attached hydrogens (primary N) is 1. The van der Waals surface area contributed by atoms with Crippen LogP contribution < -0.4 is 5.73 Å². The zero-order valence-electron chi connectivity index (χ0n) is 13.2. The first-order chi connectivity index (χ1) is 12.0. The third kappa shape index (κ3) is 2.65. The minimum atomic E-state index is -0.471. The van der Waals surface area contributed by atoms with E-state index in [-0.39, 0.29) is 5.82 Å². The monoisotopic (exact) mass is 352 g/mol. The predicted octanol–water partition coefficient (Wildman–Crippen LogP) is 4.73. The molecule has 3 nitrogen and oxygen atoms in total. The second-order valence-electron chi connectivity index (χ2n) is 5.94. The van der Waals surface area contributed by atoms with E-state index in [4.69, 9.17) is 17.3 Å². The molecule has 0 fully saturated rings. The molecule has 0 bridgehead atoms. The van der Waals surface area contributed by atoms with Crippen LogP contribution >= 0.6 is 11.6 Å². The van der Waals surface area contributed by atoms with Crippen LogP contribution in [0.15, 0.2) is 60.7 Å². The largest absolute Gasteiger partial charge is 0.366 e. The molecule has 0 spiro atoms. The van der Waals surface area contributed by atoms with Gasteiger partial charge in [-0.25, -0.2) is 4.39 Å². The lowest BCUT2D eigenvalue weighted by molar-refractivity contribution is 0.100. The molecule has 2 N–H and O–H groups in total. The Balaban J connectivity index is 2.03. The fourth-order valence-electron chi connectivity index (χ4n) is 3.27. The quantitative estimate of drug-likeness (QED) is 0.569. The summed E-state index contributed by atoms with van der Waals surface area (Å²) < 4.78 is 15.3. The fourth-order valence-corrected chi connectivity index (χ4v) is 3.43. The minimum Gasteiger partial charge on any atom is -0.366 e. The normalized spacial score (nSPS) is 11.3. The van der Waals surface area contributed by atoms with Gasteiger partial charge in [-0.1, -0.05) is 35.9 Å². The Morgan fingerprint density at radius 1 is 1.04 bits per heavy atom. The van der Waals surface area contributed by atoms with Crippen molar-refractivity contribution in [2.75, 3.05) is 0 Å². The van der Waals surface area contributed by atoms with Crippen LogP contribution in [0.1, 0.15) is 15.9 Å². The minimum absolute atomic E-state index is 0.273. The van der Waals surface area contributed by atoms with Gasteiger partial charge in [0.1, 0.15) is 5.82 Å². The van der Waals surface area contributed by atoms with E-state index < -0.39 is 5.91 Å². The van der Waals surface area contributed by atoms with E-state index in [2.05, 4.69) is 4.57 Å². The van der Waals surface area contributed by atoms with Gasteiger partial charge in [0.05, 0.1) is 11.0 Å². The first-order valence-electron chi connectivity index (χ1n) is 7.79. The maximum atomic E-state index is 13.2. The Labute approximate surface area is 148 Å². The molecule has 0 aliphatic heterocycles. The number of halogens is 2. The summed E-state index contributed by atoms with van der Waals surface area (Å²) >= 11 is 6.19. The van der Waals surface area contributed by atoms with Gasteiger partial charge in [-0.05, 0) is 42.0 Å². The Kier molecular flexibility index (Phi) is 3.70. The van der Waals surface area contributed by atoms with Crippen molar-refractivity contribution >= 4 is 39.3 Å². The van der Waals surface area contributed by atoms with Gasteiger partial charge in [0.25, 0.3) is 0 Å². The Bertz CT molecular complexity index is 1120. The van der Waals surface area contributed by atoms with Crippen molar-refractivity contribution in [1.82, 2.24) is 4.57 Å². The van der Waals surface area contributed by atoms with Gasteiger partial charge in [0, 0.05) is 27.9 Å². The van der Waals surface area contributed by atoms with Crippen LogP contribution in [-0.4, -0.2) is 10.5 Å². The number of carbonyl (C=O) groups is 1. The van der Waals surface area contributed by atoms with Gasteiger partial charge in [0.15, 0.2) is 0 Å². The molecule has 1 amide bonds. The molecule has 0 unspecified atom stereocenters. The third-order valence-corrected chi connectivity index (χ3v) is 4.61.